The predicted molar refractivity (Wildman–Crippen MR) is 82.1 cm³/mol. The maximum absolute atomic E-state index is 13.7. The fourth-order valence-electron chi connectivity index (χ4n) is 2.40. The summed E-state index contributed by atoms with van der Waals surface area (Å²) in [7, 11) is 1.43. The molecule has 0 saturated carbocycles. The minimum Gasteiger partial charge on any atom is -0.494 e. The van der Waals surface area contributed by atoms with Crippen molar-refractivity contribution in [3.63, 3.8) is 0 Å². The second-order valence-corrected chi connectivity index (χ2v) is 5.72. The Morgan fingerprint density at radius 1 is 1.10 bits per heavy atom. The molecule has 0 heterocycles. The first-order valence-corrected chi connectivity index (χ1v) is 6.96. The van der Waals surface area contributed by atoms with Gasteiger partial charge in [-0.2, -0.15) is 0 Å². The number of aliphatic hydroxyl groups is 1. The van der Waals surface area contributed by atoms with Gasteiger partial charge in [0, 0.05) is 6.42 Å². The summed E-state index contributed by atoms with van der Waals surface area (Å²) in [5.41, 5.74) is 2.84. The molecule has 0 aliphatic rings. The zero-order chi connectivity index (χ0) is 15.6. The van der Waals surface area contributed by atoms with Crippen molar-refractivity contribution in [1.82, 2.24) is 0 Å². The number of ether oxygens (including phenoxy) is 1. The molecular formula is C18H21FO2. The minimum atomic E-state index is -1.04. The Morgan fingerprint density at radius 2 is 1.81 bits per heavy atom. The summed E-state index contributed by atoms with van der Waals surface area (Å²) >= 11 is 0. The number of aryl methyl sites for hydroxylation is 2. The van der Waals surface area contributed by atoms with Crippen LogP contribution < -0.4 is 4.74 Å². The normalized spacial score (nSPS) is 13.8. The van der Waals surface area contributed by atoms with Gasteiger partial charge in [-0.15, -0.1) is 0 Å². The lowest BCUT2D eigenvalue weighted by atomic mass is 9.87. The lowest BCUT2D eigenvalue weighted by molar-refractivity contribution is 0.0575. The Hall–Kier alpha value is -1.87. The standard InChI is InChI=1S/C18H21FO2/c1-12-5-7-15(9-13(12)2)18(3,20)11-14-6-8-17(21-4)16(19)10-14/h5-10,20H,11H2,1-4H3. The summed E-state index contributed by atoms with van der Waals surface area (Å²) in [6, 6.07) is 10.7. The van der Waals surface area contributed by atoms with Crippen molar-refractivity contribution in [3.8, 4) is 5.75 Å². The average Bonchev–Trinajstić information content (AvgIpc) is 2.41. The molecule has 0 radical (unpaired) electrons. The first-order valence-electron chi connectivity index (χ1n) is 6.96. The summed E-state index contributed by atoms with van der Waals surface area (Å²) in [4.78, 5) is 0. The van der Waals surface area contributed by atoms with E-state index in [0.29, 0.717) is 6.42 Å². The molecule has 0 aromatic heterocycles. The highest BCUT2D eigenvalue weighted by Crippen LogP contribution is 2.28. The molecule has 0 amide bonds. The monoisotopic (exact) mass is 288 g/mol. The van der Waals surface area contributed by atoms with E-state index in [-0.39, 0.29) is 5.75 Å². The smallest absolute Gasteiger partial charge is 0.165 e. The summed E-state index contributed by atoms with van der Waals surface area (Å²) in [6.07, 6.45) is 0.344. The first-order chi connectivity index (χ1) is 9.83. The molecule has 1 atom stereocenters. The van der Waals surface area contributed by atoms with Crippen molar-refractivity contribution < 1.29 is 14.2 Å². The van der Waals surface area contributed by atoms with E-state index in [2.05, 4.69) is 0 Å². The Balaban J connectivity index is 2.27. The topological polar surface area (TPSA) is 29.5 Å². The summed E-state index contributed by atoms with van der Waals surface area (Å²) < 4.78 is 18.6. The molecule has 1 N–H and O–H groups in total. The molecule has 3 heteroatoms. The van der Waals surface area contributed by atoms with Crippen LogP contribution in [0.15, 0.2) is 36.4 Å². The summed E-state index contributed by atoms with van der Waals surface area (Å²) in [5.74, 6) is -0.199. The first kappa shape index (κ1) is 15.5. The fraction of sp³-hybridized carbons (Fsp3) is 0.333. The van der Waals surface area contributed by atoms with Crippen LogP contribution in [0, 0.1) is 19.7 Å². The average molecular weight is 288 g/mol. The third-order valence-electron chi connectivity index (χ3n) is 3.89. The van der Waals surface area contributed by atoms with Gasteiger partial charge in [0.05, 0.1) is 12.7 Å². The Morgan fingerprint density at radius 3 is 2.38 bits per heavy atom. The number of halogens is 1. The van der Waals surface area contributed by atoms with Gasteiger partial charge in [-0.05, 0) is 55.2 Å². The van der Waals surface area contributed by atoms with E-state index < -0.39 is 11.4 Å². The molecule has 0 fully saturated rings. The van der Waals surface area contributed by atoms with Crippen LogP contribution in [-0.2, 0) is 12.0 Å². The molecule has 21 heavy (non-hydrogen) atoms. The Kier molecular flexibility index (Phi) is 4.33. The molecule has 0 saturated heterocycles. The van der Waals surface area contributed by atoms with Gasteiger partial charge in [-0.3, -0.25) is 0 Å². The Labute approximate surface area is 125 Å². The quantitative estimate of drug-likeness (QED) is 0.924. The van der Waals surface area contributed by atoms with Crippen LogP contribution >= 0.6 is 0 Å². The molecule has 2 rings (SSSR count). The molecule has 0 aliphatic heterocycles. The van der Waals surface area contributed by atoms with Crippen LogP contribution in [0.5, 0.6) is 5.75 Å². The van der Waals surface area contributed by atoms with E-state index in [1.807, 2.05) is 32.0 Å². The van der Waals surface area contributed by atoms with Crippen LogP contribution in [0.2, 0.25) is 0 Å². The van der Waals surface area contributed by atoms with E-state index in [1.165, 1.54) is 18.7 Å². The summed E-state index contributed by atoms with van der Waals surface area (Å²) in [5, 5.41) is 10.7. The second kappa shape index (κ2) is 5.86. The van der Waals surface area contributed by atoms with Crippen molar-refractivity contribution in [1.29, 1.82) is 0 Å². The van der Waals surface area contributed by atoms with E-state index >= 15 is 0 Å². The van der Waals surface area contributed by atoms with Gasteiger partial charge < -0.3 is 9.84 Å². The van der Waals surface area contributed by atoms with Gasteiger partial charge in [0.2, 0.25) is 0 Å². The van der Waals surface area contributed by atoms with E-state index in [1.54, 1.807) is 19.1 Å². The van der Waals surface area contributed by atoms with Crippen LogP contribution in [0.3, 0.4) is 0 Å². The van der Waals surface area contributed by atoms with Crippen molar-refractivity contribution in [3.05, 3.63) is 64.5 Å². The number of methoxy groups -OCH3 is 1. The molecule has 2 aromatic carbocycles. The van der Waals surface area contributed by atoms with Gasteiger partial charge in [-0.1, -0.05) is 24.3 Å². The van der Waals surface area contributed by atoms with Crippen molar-refractivity contribution >= 4 is 0 Å². The van der Waals surface area contributed by atoms with Gasteiger partial charge in [-0.25, -0.2) is 4.39 Å². The van der Waals surface area contributed by atoms with E-state index in [9.17, 15) is 9.50 Å². The number of hydrogen-bond donors (Lipinski definition) is 1. The van der Waals surface area contributed by atoms with Gasteiger partial charge in [0.1, 0.15) is 0 Å². The van der Waals surface area contributed by atoms with E-state index in [4.69, 9.17) is 4.74 Å². The van der Waals surface area contributed by atoms with Gasteiger partial charge in [0.25, 0.3) is 0 Å². The van der Waals surface area contributed by atoms with Crippen LogP contribution in [0.1, 0.15) is 29.2 Å². The fourth-order valence-corrected chi connectivity index (χ4v) is 2.40. The minimum absolute atomic E-state index is 0.213. The lowest BCUT2D eigenvalue weighted by Crippen LogP contribution is -2.24. The molecule has 2 aromatic rings. The van der Waals surface area contributed by atoms with Crippen LogP contribution in [-0.4, -0.2) is 12.2 Å². The number of hydrogen-bond acceptors (Lipinski definition) is 2. The molecule has 1 unspecified atom stereocenters. The van der Waals surface area contributed by atoms with Gasteiger partial charge in [0.15, 0.2) is 11.6 Å². The molecule has 0 aliphatic carbocycles. The SMILES string of the molecule is COc1ccc(CC(C)(O)c2ccc(C)c(C)c2)cc1F. The highest BCUT2D eigenvalue weighted by Gasteiger charge is 2.24. The molecule has 0 bridgehead atoms. The molecule has 112 valence electrons. The van der Waals surface area contributed by atoms with Gasteiger partial charge >= 0.3 is 0 Å². The van der Waals surface area contributed by atoms with Crippen LogP contribution in [0.25, 0.3) is 0 Å². The highest BCUT2D eigenvalue weighted by molar-refractivity contribution is 5.35. The molecular weight excluding hydrogens is 267 g/mol. The number of rotatable bonds is 4. The highest BCUT2D eigenvalue weighted by atomic mass is 19.1. The van der Waals surface area contributed by atoms with Crippen molar-refractivity contribution in [2.45, 2.75) is 32.8 Å². The lowest BCUT2D eigenvalue weighted by Gasteiger charge is -2.25. The predicted octanol–water partition coefficient (Wildman–Crippen LogP) is 3.90. The maximum Gasteiger partial charge on any atom is 0.165 e. The number of benzene rings is 2. The van der Waals surface area contributed by atoms with Crippen LogP contribution in [0.4, 0.5) is 4.39 Å². The van der Waals surface area contributed by atoms with Crippen molar-refractivity contribution in [2.75, 3.05) is 7.11 Å². The zero-order valence-electron chi connectivity index (χ0n) is 12.9. The zero-order valence-corrected chi connectivity index (χ0v) is 12.9. The largest absolute Gasteiger partial charge is 0.494 e. The molecule has 0 spiro atoms. The maximum atomic E-state index is 13.7. The third kappa shape index (κ3) is 3.42. The summed E-state index contributed by atoms with van der Waals surface area (Å²) in [6.45, 7) is 5.80. The third-order valence-corrected chi connectivity index (χ3v) is 3.89. The molecule has 2 nitrogen and oxygen atoms in total. The van der Waals surface area contributed by atoms with Crippen molar-refractivity contribution in [2.24, 2.45) is 0 Å². The second-order valence-electron chi connectivity index (χ2n) is 5.72. The van der Waals surface area contributed by atoms with E-state index in [0.717, 1.165) is 16.7 Å². The Bertz CT molecular complexity index is 648.